The molecule has 1 heterocycles. The largest absolute Gasteiger partial charge is 0.324 e. The molecule has 0 spiro atoms. The van der Waals surface area contributed by atoms with Crippen LogP contribution in [0.15, 0.2) is 18.3 Å². The Morgan fingerprint density at radius 1 is 1.44 bits per heavy atom. The highest BCUT2D eigenvalue weighted by Crippen LogP contribution is 2.13. The number of anilines is 1. The third-order valence-corrected chi connectivity index (χ3v) is 2.09. The zero-order chi connectivity index (χ0) is 11.4. The SMILES string of the molecule is CC(C)C(=O)Nc1cc(C(C)N)ccn1.Cl. The zero-order valence-corrected chi connectivity index (χ0v) is 10.5. The number of rotatable bonds is 3. The maximum absolute atomic E-state index is 11.4. The monoisotopic (exact) mass is 243 g/mol. The molecule has 5 heteroatoms. The third-order valence-electron chi connectivity index (χ3n) is 2.09. The molecule has 1 rings (SSSR count). The number of carbonyl (C=O) groups is 1. The van der Waals surface area contributed by atoms with Crippen molar-refractivity contribution in [2.45, 2.75) is 26.8 Å². The van der Waals surface area contributed by atoms with Gasteiger partial charge < -0.3 is 11.1 Å². The number of hydrogen-bond donors (Lipinski definition) is 2. The molecule has 1 atom stereocenters. The van der Waals surface area contributed by atoms with E-state index < -0.39 is 0 Å². The number of nitrogens with one attached hydrogen (secondary N) is 1. The first-order valence-corrected chi connectivity index (χ1v) is 5.03. The van der Waals surface area contributed by atoms with Gasteiger partial charge in [-0.1, -0.05) is 13.8 Å². The first kappa shape index (κ1) is 14.9. The van der Waals surface area contributed by atoms with Crippen LogP contribution >= 0.6 is 12.4 Å². The Hall–Kier alpha value is -1.13. The second-order valence-electron chi connectivity index (χ2n) is 3.91. The van der Waals surface area contributed by atoms with E-state index in [1.54, 1.807) is 12.3 Å². The van der Waals surface area contributed by atoms with Crippen molar-refractivity contribution in [3.05, 3.63) is 23.9 Å². The number of nitrogens with zero attached hydrogens (tertiary/aromatic N) is 1. The van der Waals surface area contributed by atoms with Gasteiger partial charge in [-0.15, -0.1) is 12.4 Å². The van der Waals surface area contributed by atoms with Crippen LogP contribution in [0.1, 0.15) is 32.4 Å². The number of nitrogens with two attached hydrogens (primary N) is 1. The molecule has 90 valence electrons. The fraction of sp³-hybridized carbons (Fsp3) is 0.455. The van der Waals surface area contributed by atoms with E-state index in [0.717, 1.165) is 5.56 Å². The summed E-state index contributed by atoms with van der Waals surface area (Å²) in [6, 6.07) is 3.59. The van der Waals surface area contributed by atoms with Gasteiger partial charge >= 0.3 is 0 Å². The Bertz CT molecular complexity index is 353. The van der Waals surface area contributed by atoms with Gasteiger partial charge in [-0.25, -0.2) is 4.98 Å². The minimum atomic E-state index is -0.0531. The molecule has 3 N–H and O–H groups in total. The highest BCUT2D eigenvalue weighted by Gasteiger charge is 2.08. The Kier molecular flexibility index (Phi) is 6.00. The van der Waals surface area contributed by atoms with E-state index in [9.17, 15) is 4.79 Å². The van der Waals surface area contributed by atoms with Crippen molar-refractivity contribution in [2.75, 3.05) is 5.32 Å². The lowest BCUT2D eigenvalue weighted by Crippen LogP contribution is -2.18. The lowest BCUT2D eigenvalue weighted by molar-refractivity contribution is -0.118. The minimum Gasteiger partial charge on any atom is -0.324 e. The van der Waals surface area contributed by atoms with E-state index >= 15 is 0 Å². The summed E-state index contributed by atoms with van der Waals surface area (Å²) in [5.74, 6) is 0.471. The van der Waals surface area contributed by atoms with Crippen LogP contribution in [0.2, 0.25) is 0 Å². The predicted octanol–water partition coefficient (Wildman–Crippen LogP) is 2.12. The molecule has 0 radical (unpaired) electrons. The molecule has 0 fully saturated rings. The van der Waals surface area contributed by atoms with E-state index in [2.05, 4.69) is 10.3 Å². The second-order valence-corrected chi connectivity index (χ2v) is 3.91. The first-order valence-electron chi connectivity index (χ1n) is 5.03. The molecular weight excluding hydrogens is 226 g/mol. The van der Waals surface area contributed by atoms with Crippen LogP contribution in [0, 0.1) is 5.92 Å². The van der Waals surface area contributed by atoms with E-state index in [1.807, 2.05) is 26.8 Å². The van der Waals surface area contributed by atoms with Crippen LogP contribution in [-0.4, -0.2) is 10.9 Å². The van der Waals surface area contributed by atoms with Crippen molar-refractivity contribution in [1.82, 2.24) is 4.98 Å². The zero-order valence-electron chi connectivity index (χ0n) is 9.73. The lowest BCUT2D eigenvalue weighted by atomic mass is 10.1. The van der Waals surface area contributed by atoms with Gasteiger partial charge in [-0.3, -0.25) is 4.79 Å². The second kappa shape index (κ2) is 6.45. The number of hydrogen-bond acceptors (Lipinski definition) is 3. The summed E-state index contributed by atoms with van der Waals surface area (Å²) in [6.07, 6.45) is 1.65. The van der Waals surface area contributed by atoms with E-state index in [0.29, 0.717) is 5.82 Å². The summed E-state index contributed by atoms with van der Waals surface area (Å²) in [4.78, 5) is 15.5. The molecule has 1 unspecified atom stereocenters. The number of amides is 1. The highest BCUT2D eigenvalue weighted by molar-refractivity contribution is 5.91. The fourth-order valence-corrected chi connectivity index (χ4v) is 1.07. The van der Waals surface area contributed by atoms with Crippen molar-refractivity contribution < 1.29 is 4.79 Å². The highest BCUT2D eigenvalue weighted by atomic mass is 35.5. The summed E-state index contributed by atoms with van der Waals surface area (Å²) in [5.41, 5.74) is 6.69. The Morgan fingerprint density at radius 2 is 2.06 bits per heavy atom. The maximum Gasteiger partial charge on any atom is 0.228 e. The van der Waals surface area contributed by atoms with Crippen molar-refractivity contribution in [3.63, 3.8) is 0 Å². The molecule has 0 aromatic carbocycles. The molecule has 16 heavy (non-hydrogen) atoms. The molecule has 0 aliphatic rings. The van der Waals surface area contributed by atoms with Crippen molar-refractivity contribution in [2.24, 2.45) is 11.7 Å². The number of aromatic nitrogens is 1. The average Bonchev–Trinajstić information content (AvgIpc) is 2.18. The number of carbonyl (C=O) groups excluding carboxylic acids is 1. The van der Waals surface area contributed by atoms with Crippen LogP contribution < -0.4 is 11.1 Å². The minimum absolute atomic E-state index is 0. The van der Waals surface area contributed by atoms with Gasteiger partial charge in [0, 0.05) is 18.2 Å². The van der Waals surface area contributed by atoms with Crippen LogP contribution in [0.4, 0.5) is 5.82 Å². The molecule has 1 amide bonds. The molecule has 0 bridgehead atoms. The normalized spacial score (nSPS) is 11.8. The van der Waals surface area contributed by atoms with Crippen LogP contribution in [-0.2, 0) is 4.79 Å². The smallest absolute Gasteiger partial charge is 0.228 e. The van der Waals surface area contributed by atoms with Gasteiger partial charge in [0.15, 0.2) is 0 Å². The summed E-state index contributed by atoms with van der Waals surface area (Å²) in [7, 11) is 0. The van der Waals surface area contributed by atoms with Crippen LogP contribution in [0.5, 0.6) is 0 Å². The summed E-state index contributed by atoms with van der Waals surface area (Å²) in [5, 5.41) is 2.73. The Labute approximate surface area is 102 Å². The van der Waals surface area contributed by atoms with Crippen LogP contribution in [0.25, 0.3) is 0 Å². The topological polar surface area (TPSA) is 68.0 Å². The van der Waals surface area contributed by atoms with Gasteiger partial charge in [0.25, 0.3) is 0 Å². The van der Waals surface area contributed by atoms with E-state index in [1.165, 1.54) is 0 Å². The Balaban J connectivity index is 0.00000225. The van der Waals surface area contributed by atoms with Crippen molar-refractivity contribution >= 4 is 24.1 Å². The van der Waals surface area contributed by atoms with Crippen LogP contribution in [0.3, 0.4) is 0 Å². The molecule has 0 saturated carbocycles. The molecule has 0 saturated heterocycles. The van der Waals surface area contributed by atoms with Gasteiger partial charge in [0.2, 0.25) is 5.91 Å². The van der Waals surface area contributed by atoms with Gasteiger partial charge in [0.05, 0.1) is 0 Å². The number of halogens is 1. The Morgan fingerprint density at radius 3 is 2.56 bits per heavy atom. The lowest BCUT2D eigenvalue weighted by Gasteiger charge is -2.09. The molecule has 0 aliphatic carbocycles. The third kappa shape index (κ3) is 4.16. The molecular formula is C11H18ClN3O. The predicted molar refractivity (Wildman–Crippen MR) is 67.6 cm³/mol. The van der Waals surface area contributed by atoms with Gasteiger partial charge in [-0.05, 0) is 24.6 Å². The summed E-state index contributed by atoms with van der Waals surface area (Å²) in [6.45, 7) is 5.57. The molecule has 0 aliphatic heterocycles. The molecule has 1 aromatic heterocycles. The average molecular weight is 244 g/mol. The first-order chi connectivity index (χ1) is 7.00. The van der Waals surface area contributed by atoms with Crippen molar-refractivity contribution in [3.8, 4) is 0 Å². The van der Waals surface area contributed by atoms with E-state index in [4.69, 9.17) is 5.73 Å². The molecule has 4 nitrogen and oxygen atoms in total. The summed E-state index contributed by atoms with van der Waals surface area (Å²) < 4.78 is 0. The maximum atomic E-state index is 11.4. The van der Waals surface area contributed by atoms with E-state index in [-0.39, 0.29) is 30.3 Å². The van der Waals surface area contributed by atoms with Crippen molar-refractivity contribution in [1.29, 1.82) is 0 Å². The molecule has 1 aromatic rings. The van der Waals surface area contributed by atoms with Gasteiger partial charge in [0.1, 0.15) is 5.82 Å². The quantitative estimate of drug-likeness (QED) is 0.855. The summed E-state index contributed by atoms with van der Waals surface area (Å²) >= 11 is 0. The standard InChI is InChI=1S/C11H17N3O.ClH/c1-7(2)11(15)14-10-6-9(8(3)12)4-5-13-10;/h4-8H,12H2,1-3H3,(H,13,14,15);1H. The van der Waals surface area contributed by atoms with Gasteiger partial charge in [-0.2, -0.15) is 0 Å². The number of pyridine rings is 1. The fourth-order valence-electron chi connectivity index (χ4n) is 1.07.